The first kappa shape index (κ1) is 21.1. The number of hydrogen-bond acceptors (Lipinski definition) is 4. The van der Waals surface area contributed by atoms with Gasteiger partial charge in [-0.3, -0.25) is 19.3 Å². The van der Waals surface area contributed by atoms with Crippen LogP contribution in [0.25, 0.3) is 0 Å². The van der Waals surface area contributed by atoms with Crippen LogP contribution >= 0.6 is 0 Å². The standard InChI is InChI=1S/C11H17NO4.C7H12/c1-4-6-12-9(13)7(3)8(10(12)14)11(15)16-5-2;1-3-5-7-6-4-2/h7-8H,4-6H2,1-3H3;3-4,6H,1,5,7H2,2H3/b;6-4-. The number of amides is 2. The number of allylic oxidation sites excluding steroid dienone is 3. The number of likely N-dealkylation sites (tertiary alicyclic amines) is 1. The van der Waals surface area contributed by atoms with E-state index in [1.807, 2.05) is 19.9 Å². The highest BCUT2D eigenvalue weighted by molar-refractivity contribution is 6.13. The molecule has 1 heterocycles. The third-order valence-corrected chi connectivity index (χ3v) is 3.45. The summed E-state index contributed by atoms with van der Waals surface area (Å²) in [6.07, 6.45) is 9.06. The molecule has 5 nitrogen and oxygen atoms in total. The number of ether oxygens (including phenoxy) is 1. The molecule has 1 aliphatic heterocycles. The number of nitrogens with zero attached hydrogens (tertiary/aromatic N) is 1. The van der Waals surface area contributed by atoms with Gasteiger partial charge < -0.3 is 4.74 Å². The van der Waals surface area contributed by atoms with E-state index in [1.54, 1.807) is 13.8 Å². The zero-order chi connectivity index (χ0) is 17.8. The summed E-state index contributed by atoms with van der Waals surface area (Å²) in [5.41, 5.74) is 0. The van der Waals surface area contributed by atoms with Crippen LogP contribution < -0.4 is 0 Å². The van der Waals surface area contributed by atoms with E-state index in [4.69, 9.17) is 4.74 Å². The van der Waals surface area contributed by atoms with Crippen LogP contribution in [0.5, 0.6) is 0 Å². The van der Waals surface area contributed by atoms with Crippen molar-refractivity contribution >= 4 is 17.8 Å². The lowest BCUT2D eigenvalue weighted by Gasteiger charge is -2.12. The fourth-order valence-electron chi connectivity index (χ4n) is 2.24. The van der Waals surface area contributed by atoms with Crippen LogP contribution in [0.3, 0.4) is 0 Å². The van der Waals surface area contributed by atoms with Crippen LogP contribution in [-0.2, 0) is 19.1 Å². The first-order valence-corrected chi connectivity index (χ1v) is 8.19. The lowest BCUT2D eigenvalue weighted by Crippen LogP contribution is -2.33. The van der Waals surface area contributed by atoms with E-state index in [2.05, 4.69) is 18.7 Å². The van der Waals surface area contributed by atoms with Crippen LogP contribution in [0.1, 0.15) is 47.0 Å². The first-order chi connectivity index (χ1) is 11.0. The Bertz CT molecular complexity index is 442. The summed E-state index contributed by atoms with van der Waals surface area (Å²) in [7, 11) is 0. The molecule has 0 aliphatic carbocycles. The van der Waals surface area contributed by atoms with Gasteiger partial charge in [-0.1, -0.05) is 32.1 Å². The largest absolute Gasteiger partial charge is 0.465 e. The molecule has 2 atom stereocenters. The summed E-state index contributed by atoms with van der Waals surface area (Å²) in [6, 6.07) is 0. The van der Waals surface area contributed by atoms with Gasteiger partial charge in [0.25, 0.3) is 0 Å². The summed E-state index contributed by atoms with van der Waals surface area (Å²) < 4.78 is 4.80. The Kier molecular flexibility index (Phi) is 10.7. The monoisotopic (exact) mass is 323 g/mol. The molecule has 23 heavy (non-hydrogen) atoms. The maximum Gasteiger partial charge on any atom is 0.319 e. The van der Waals surface area contributed by atoms with E-state index in [-0.39, 0.29) is 12.5 Å². The summed E-state index contributed by atoms with van der Waals surface area (Å²) in [5.74, 6) is -2.83. The average molecular weight is 323 g/mol. The highest BCUT2D eigenvalue weighted by Crippen LogP contribution is 2.27. The van der Waals surface area contributed by atoms with Gasteiger partial charge in [0, 0.05) is 6.54 Å². The molecule has 0 spiro atoms. The average Bonchev–Trinajstić information content (AvgIpc) is 2.73. The minimum absolute atomic E-state index is 0.220. The van der Waals surface area contributed by atoms with Crippen LogP contribution in [0.4, 0.5) is 0 Å². The molecule has 1 fully saturated rings. The normalized spacial score (nSPS) is 20.4. The highest BCUT2D eigenvalue weighted by atomic mass is 16.5. The molecule has 0 N–H and O–H groups in total. The number of hydrogen-bond donors (Lipinski definition) is 0. The van der Waals surface area contributed by atoms with Crippen LogP contribution in [0.15, 0.2) is 24.8 Å². The topological polar surface area (TPSA) is 63.7 Å². The molecule has 1 aliphatic rings. The van der Waals surface area contributed by atoms with Gasteiger partial charge in [-0.25, -0.2) is 0 Å². The third kappa shape index (κ3) is 6.38. The number of carbonyl (C=O) groups is 3. The number of esters is 1. The van der Waals surface area contributed by atoms with Crippen molar-refractivity contribution in [3.63, 3.8) is 0 Å². The number of imide groups is 1. The maximum atomic E-state index is 11.8. The fraction of sp³-hybridized carbons (Fsp3) is 0.611. The van der Waals surface area contributed by atoms with E-state index in [0.29, 0.717) is 13.0 Å². The van der Waals surface area contributed by atoms with E-state index in [1.165, 1.54) is 0 Å². The zero-order valence-electron chi connectivity index (χ0n) is 14.7. The van der Waals surface area contributed by atoms with Crippen molar-refractivity contribution in [1.29, 1.82) is 0 Å². The molecule has 0 saturated carbocycles. The first-order valence-electron chi connectivity index (χ1n) is 8.19. The minimum Gasteiger partial charge on any atom is -0.465 e. The maximum absolute atomic E-state index is 11.8. The molecule has 0 bridgehead atoms. The number of carbonyl (C=O) groups excluding carboxylic acids is 3. The molecule has 0 aromatic carbocycles. The predicted molar refractivity (Wildman–Crippen MR) is 90.5 cm³/mol. The zero-order valence-corrected chi connectivity index (χ0v) is 14.7. The molecule has 0 aromatic rings. The van der Waals surface area contributed by atoms with Gasteiger partial charge >= 0.3 is 5.97 Å². The Labute approximate surface area is 139 Å². The molecule has 130 valence electrons. The molecule has 1 saturated heterocycles. The van der Waals surface area contributed by atoms with Crippen molar-refractivity contribution in [1.82, 2.24) is 4.90 Å². The Morgan fingerprint density at radius 2 is 1.91 bits per heavy atom. The van der Waals surface area contributed by atoms with Crippen LogP contribution in [0, 0.1) is 11.8 Å². The molecule has 2 unspecified atom stereocenters. The second-order valence-electron chi connectivity index (χ2n) is 5.28. The van der Waals surface area contributed by atoms with Crippen LogP contribution in [-0.4, -0.2) is 35.8 Å². The minimum atomic E-state index is -0.945. The Balaban J connectivity index is 0.000000585. The summed E-state index contributed by atoms with van der Waals surface area (Å²) in [6.45, 7) is 11.4. The number of unbranched alkanes of at least 4 members (excludes halogenated alkanes) is 1. The van der Waals surface area contributed by atoms with Crippen LogP contribution in [0.2, 0.25) is 0 Å². The Hall–Kier alpha value is -1.91. The van der Waals surface area contributed by atoms with E-state index >= 15 is 0 Å². The predicted octanol–water partition coefficient (Wildman–Crippen LogP) is 3.11. The van der Waals surface area contributed by atoms with Gasteiger partial charge in [0.1, 0.15) is 5.92 Å². The van der Waals surface area contributed by atoms with E-state index in [9.17, 15) is 14.4 Å². The molecule has 5 heteroatoms. The summed E-state index contributed by atoms with van der Waals surface area (Å²) in [5, 5.41) is 0. The van der Waals surface area contributed by atoms with E-state index < -0.39 is 23.7 Å². The van der Waals surface area contributed by atoms with E-state index in [0.717, 1.165) is 17.7 Å². The second-order valence-corrected chi connectivity index (χ2v) is 5.28. The Morgan fingerprint density at radius 1 is 1.26 bits per heavy atom. The molecule has 1 rings (SSSR count). The molecular weight excluding hydrogens is 294 g/mol. The van der Waals surface area contributed by atoms with Gasteiger partial charge in [0.15, 0.2) is 0 Å². The Morgan fingerprint density at radius 3 is 2.39 bits per heavy atom. The van der Waals surface area contributed by atoms with Crippen molar-refractivity contribution in [2.75, 3.05) is 13.2 Å². The quantitative estimate of drug-likeness (QED) is 0.237. The summed E-state index contributed by atoms with van der Waals surface area (Å²) >= 11 is 0. The van der Waals surface area contributed by atoms with Crippen molar-refractivity contribution in [3.05, 3.63) is 24.8 Å². The summed E-state index contributed by atoms with van der Waals surface area (Å²) in [4.78, 5) is 36.3. The van der Waals surface area contributed by atoms with Crippen molar-refractivity contribution in [2.45, 2.75) is 47.0 Å². The van der Waals surface area contributed by atoms with Gasteiger partial charge in [-0.15, -0.1) is 6.58 Å². The van der Waals surface area contributed by atoms with Gasteiger partial charge in [0.05, 0.1) is 12.5 Å². The lowest BCUT2D eigenvalue weighted by atomic mass is 9.97. The molecule has 2 amide bonds. The fourth-order valence-corrected chi connectivity index (χ4v) is 2.24. The van der Waals surface area contributed by atoms with Gasteiger partial charge in [0.2, 0.25) is 11.8 Å². The second kappa shape index (κ2) is 11.6. The highest BCUT2D eigenvalue weighted by Gasteiger charge is 2.49. The molecule has 0 radical (unpaired) electrons. The van der Waals surface area contributed by atoms with Crippen molar-refractivity contribution in [3.8, 4) is 0 Å². The number of rotatable bonds is 7. The van der Waals surface area contributed by atoms with Gasteiger partial charge in [-0.05, 0) is 33.1 Å². The van der Waals surface area contributed by atoms with Gasteiger partial charge in [-0.2, -0.15) is 0 Å². The van der Waals surface area contributed by atoms with Crippen molar-refractivity contribution < 1.29 is 19.1 Å². The smallest absolute Gasteiger partial charge is 0.319 e. The third-order valence-electron chi connectivity index (χ3n) is 3.45. The molecule has 0 aromatic heterocycles. The SMILES string of the molecule is C=CCC/C=C\C.CCCN1C(=O)C(C)C(C(=O)OCC)C1=O. The molecular formula is C18H29NO4. The van der Waals surface area contributed by atoms with Crippen molar-refractivity contribution in [2.24, 2.45) is 11.8 Å². The lowest BCUT2D eigenvalue weighted by molar-refractivity contribution is -0.153.